The van der Waals surface area contributed by atoms with Crippen molar-refractivity contribution in [3.05, 3.63) is 54.1 Å². The Labute approximate surface area is 120 Å². The van der Waals surface area contributed by atoms with E-state index in [2.05, 4.69) is 0 Å². The van der Waals surface area contributed by atoms with E-state index < -0.39 is 0 Å². The predicted octanol–water partition coefficient (Wildman–Crippen LogP) is 4.11. The van der Waals surface area contributed by atoms with Gasteiger partial charge in [-0.25, -0.2) is 8.78 Å². The molecule has 0 fully saturated rings. The zero-order valence-electron chi connectivity index (χ0n) is 10.8. The van der Waals surface area contributed by atoms with Gasteiger partial charge in [-0.3, -0.25) is 0 Å². The van der Waals surface area contributed by atoms with Crippen LogP contribution in [0.2, 0.25) is 0 Å². The molecule has 2 nitrogen and oxygen atoms in total. The Balaban J connectivity index is 1.70. The van der Waals surface area contributed by atoms with Gasteiger partial charge in [0, 0.05) is 16.3 Å². The Hall–Kier alpha value is -1.75. The maximum Gasteiger partial charge on any atom is 0.126 e. The number of ether oxygens (including phenoxy) is 1. The molecule has 0 saturated heterocycles. The maximum absolute atomic E-state index is 13.1. The van der Waals surface area contributed by atoms with Gasteiger partial charge >= 0.3 is 0 Å². The number of halogens is 2. The molecule has 106 valence electrons. The normalized spacial score (nSPS) is 10.5. The second-order valence-electron chi connectivity index (χ2n) is 4.22. The Morgan fingerprint density at radius 2 is 1.75 bits per heavy atom. The van der Waals surface area contributed by atoms with E-state index in [0.29, 0.717) is 18.0 Å². The monoisotopic (exact) mass is 295 g/mol. The molecule has 0 saturated carbocycles. The number of hydrogen-bond donors (Lipinski definition) is 1. The molecule has 0 bridgehead atoms. The Morgan fingerprint density at radius 1 is 1.00 bits per heavy atom. The molecule has 0 unspecified atom stereocenters. The quantitative estimate of drug-likeness (QED) is 0.495. The summed E-state index contributed by atoms with van der Waals surface area (Å²) in [5.74, 6) is 0.836. The fourth-order valence-corrected chi connectivity index (χ4v) is 2.55. The highest BCUT2D eigenvalue weighted by atomic mass is 32.2. The van der Waals surface area contributed by atoms with Crippen LogP contribution in [0.4, 0.5) is 14.5 Å². The van der Waals surface area contributed by atoms with Crippen LogP contribution in [0.15, 0.2) is 47.4 Å². The summed E-state index contributed by atoms with van der Waals surface area (Å²) in [4.78, 5) is 0.810. The largest absolute Gasteiger partial charge is 0.494 e. The maximum atomic E-state index is 13.1. The second-order valence-corrected chi connectivity index (χ2v) is 5.39. The van der Waals surface area contributed by atoms with E-state index in [-0.39, 0.29) is 11.6 Å². The van der Waals surface area contributed by atoms with Gasteiger partial charge in [0.1, 0.15) is 17.4 Å². The van der Waals surface area contributed by atoms with Crippen molar-refractivity contribution in [1.29, 1.82) is 0 Å². The highest BCUT2D eigenvalue weighted by molar-refractivity contribution is 7.99. The SMILES string of the molecule is Nc1cc(F)cc(SCCCOc2ccc(F)cc2)c1. The number of benzene rings is 2. The van der Waals surface area contributed by atoms with Gasteiger partial charge in [-0.2, -0.15) is 0 Å². The first-order chi connectivity index (χ1) is 9.63. The number of hydrogen-bond acceptors (Lipinski definition) is 3. The van der Waals surface area contributed by atoms with Crippen LogP contribution in [0.25, 0.3) is 0 Å². The van der Waals surface area contributed by atoms with Crippen LogP contribution in [0.3, 0.4) is 0 Å². The lowest BCUT2D eigenvalue weighted by atomic mass is 10.3. The van der Waals surface area contributed by atoms with Crippen molar-refractivity contribution >= 4 is 17.4 Å². The zero-order valence-corrected chi connectivity index (χ0v) is 11.6. The smallest absolute Gasteiger partial charge is 0.126 e. The van der Waals surface area contributed by atoms with Crippen LogP contribution in [0, 0.1) is 11.6 Å². The molecule has 0 heterocycles. The molecule has 2 rings (SSSR count). The van der Waals surface area contributed by atoms with E-state index in [4.69, 9.17) is 10.5 Å². The van der Waals surface area contributed by atoms with Crippen LogP contribution in [-0.4, -0.2) is 12.4 Å². The van der Waals surface area contributed by atoms with Crippen molar-refractivity contribution in [2.45, 2.75) is 11.3 Å². The third-order valence-electron chi connectivity index (χ3n) is 2.53. The molecular formula is C15H15F2NOS. The summed E-state index contributed by atoms with van der Waals surface area (Å²) in [7, 11) is 0. The lowest BCUT2D eigenvalue weighted by Gasteiger charge is -2.06. The average molecular weight is 295 g/mol. The summed E-state index contributed by atoms with van der Waals surface area (Å²) in [5.41, 5.74) is 6.00. The van der Waals surface area contributed by atoms with Gasteiger partial charge in [0.15, 0.2) is 0 Å². The molecule has 0 amide bonds. The van der Waals surface area contributed by atoms with Gasteiger partial charge in [-0.1, -0.05) is 0 Å². The summed E-state index contributed by atoms with van der Waals surface area (Å²) < 4.78 is 31.3. The summed E-state index contributed by atoms with van der Waals surface area (Å²) in [6.45, 7) is 0.531. The Kier molecular flexibility index (Phi) is 5.24. The minimum atomic E-state index is -0.324. The Bertz CT molecular complexity index is 540. The molecule has 0 atom stereocenters. The van der Waals surface area contributed by atoms with E-state index in [1.54, 1.807) is 18.2 Å². The topological polar surface area (TPSA) is 35.2 Å². The summed E-state index contributed by atoms with van der Waals surface area (Å²) in [6.07, 6.45) is 0.804. The number of rotatable bonds is 6. The van der Waals surface area contributed by atoms with E-state index in [9.17, 15) is 8.78 Å². The molecule has 2 N–H and O–H groups in total. The number of anilines is 1. The van der Waals surface area contributed by atoms with Gasteiger partial charge in [0.05, 0.1) is 6.61 Å². The van der Waals surface area contributed by atoms with E-state index in [0.717, 1.165) is 17.1 Å². The number of nitrogen functional groups attached to an aromatic ring is 1. The molecule has 0 aromatic heterocycles. The summed E-state index contributed by atoms with van der Waals surface area (Å²) in [6, 6.07) is 10.4. The van der Waals surface area contributed by atoms with Gasteiger partial charge in [0.25, 0.3) is 0 Å². The first-order valence-corrected chi connectivity index (χ1v) is 7.19. The fraction of sp³-hybridized carbons (Fsp3) is 0.200. The highest BCUT2D eigenvalue weighted by Gasteiger charge is 2.00. The molecule has 0 spiro atoms. The van der Waals surface area contributed by atoms with Gasteiger partial charge in [0.2, 0.25) is 0 Å². The lowest BCUT2D eigenvalue weighted by Crippen LogP contribution is -1.98. The van der Waals surface area contributed by atoms with Crippen molar-refractivity contribution in [3.8, 4) is 5.75 Å². The summed E-state index contributed by atoms with van der Waals surface area (Å²) in [5, 5.41) is 0. The molecule has 0 aliphatic carbocycles. The van der Waals surface area contributed by atoms with Crippen molar-refractivity contribution < 1.29 is 13.5 Å². The van der Waals surface area contributed by atoms with E-state index in [1.165, 1.54) is 36.0 Å². The standard InChI is InChI=1S/C15H15F2NOS/c16-11-2-4-14(5-3-11)19-6-1-7-20-15-9-12(17)8-13(18)10-15/h2-5,8-10H,1,6-7,18H2. The van der Waals surface area contributed by atoms with Gasteiger partial charge in [-0.15, -0.1) is 11.8 Å². The Morgan fingerprint density at radius 3 is 2.45 bits per heavy atom. The third-order valence-corrected chi connectivity index (χ3v) is 3.60. The molecule has 0 aliphatic rings. The van der Waals surface area contributed by atoms with Crippen LogP contribution in [-0.2, 0) is 0 Å². The molecule has 20 heavy (non-hydrogen) atoms. The molecular weight excluding hydrogens is 280 g/mol. The number of nitrogens with two attached hydrogens (primary N) is 1. The van der Waals surface area contributed by atoms with Crippen LogP contribution >= 0.6 is 11.8 Å². The molecule has 2 aromatic rings. The van der Waals surface area contributed by atoms with Crippen molar-refractivity contribution in [2.24, 2.45) is 0 Å². The minimum Gasteiger partial charge on any atom is -0.494 e. The van der Waals surface area contributed by atoms with Crippen molar-refractivity contribution in [3.63, 3.8) is 0 Å². The first-order valence-electron chi connectivity index (χ1n) is 6.21. The highest BCUT2D eigenvalue weighted by Crippen LogP contribution is 2.22. The van der Waals surface area contributed by atoms with Gasteiger partial charge < -0.3 is 10.5 Å². The summed E-state index contributed by atoms with van der Waals surface area (Å²) >= 11 is 1.53. The van der Waals surface area contributed by atoms with Crippen LogP contribution in [0.1, 0.15) is 6.42 Å². The first kappa shape index (κ1) is 14.7. The second kappa shape index (κ2) is 7.14. The van der Waals surface area contributed by atoms with Crippen LogP contribution < -0.4 is 10.5 Å². The number of thioether (sulfide) groups is 1. The third kappa shape index (κ3) is 4.74. The fourth-order valence-electron chi connectivity index (χ4n) is 1.64. The average Bonchev–Trinajstić information content (AvgIpc) is 2.39. The van der Waals surface area contributed by atoms with Crippen molar-refractivity contribution in [2.75, 3.05) is 18.1 Å². The molecule has 0 radical (unpaired) electrons. The van der Waals surface area contributed by atoms with E-state index >= 15 is 0 Å². The van der Waals surface area contributed by atoms with Gasteiger partial charge in [-0.05, 0) is 48.9 Å². The van der Waals surface area contributed by atoms with Crippen molar-refractivity contribution in [1.82, 2.24) is 0 Å². The van der Waals surface area contributed by atoms with E-state index in [1.807, 2.05) is 0 Å². The molecule has 2 aromatic carbocycles. The predicted molar refractivity (Wildman–Crippen MR) is 78.0 cm³/mol. The molecule has 0 aliphatic heterocycles. The minimum absolute atomic E-state index is 0.281. The lowest BCUT2D eigenvalue weighted by molar-refractivity contribution is 0.318. The molecule has 5 heteroatoms. The zero-order chi connectivity index (χ0) is 14.4. The van der Waals surface area contributed by atoms with Crippen LogP contribution in [0.5, 0.6) is 5.75 Å².